The summed E-state index contributed by atoms with van der Waals surface area (Å²) in [6.45, 7) is 8.04. The molecule has 0 saturated carbocycles. The van der Waals surface area contributed by atoms with Crippen LogP contribution < -0.4 is 0 Å². The SMILES string of the molecule is C=C1C(C)=C[C-]=C(c2c(F)cc(F)cc2F)N1CC.[Y]. The summed E-state index contributed by atoms with van der Waals surface area (Å²) in [6, 6.07) is 1.32. The van der Waals surface area contributed by atoms with Crippen molar-refractivity contribution >= 4 is 5.70 Å². The van der Waals surface area contributed by atoms with Crippen molar-refractivity contribution < 1.29 is 45.9 Å². The van der Waals surface area contributed by atoms with Crippen LogP contribution >= 0.6 is 0 Å². The van der Waals surface area contributed by atoms with E-state index in [1.54, 1.807) is 11.0 Å². The summed E-state index contributed by atoms with van der Waals surface area (Å²) in [4.78, 5) is 1.65. The number of hydrogen-bond acceptors (Lipinski definition) is 1. The van der Waals surface area contributed by atoms with E-state index in [0.717, 1.165) is 5.57 Å². The zero-order chi connectivity index (χ0) is 14.2. The topological polar surface area (TPSA) is 3.24 Å². The second-order valence-electron chi connectivity index (χ2n) is 4.26. The van der Waals surface area contributed by atoms with Crippen molar-refractivity contribution in [2.75, 3.05) is 6.54 Å². The average Bonchev–Trinajstić information content (AvgIpc) is 2.32. The van der Waals surface area contributed by atoms with Gasteiger partial charge in [0.05, 0.1) is 11.6 Å². The van der Waals surface area contributed by atoms with Crippen LogP contribution in [0.5, 0.6) is 0 Å². The molecule has 0 N–H and O–H groups in total. The van der Waals surface area contributed by atoms with Crippen molar-refractivity contribution in [2.24, 2.45) is 0 Å². The van der Waals surface area contributed by atoms with Gasteiger partial charge in [-0.1, -0.05) is 19.2 Å². The van der Waals surface area contributed by atoms with Crippen molar-refractivity contribution in [2.45, 2.75) is 13.8 Å². The van der Waals surface area contributed by atoms with Crippen molar-refractivity contribution in [3.05, 3.63) is 65.1 Å². The Morgan fingerprint density at radius 1 is 1.20 bits per heavy atom. The molecular formula is C15H13F3NY-. The standard InChI is InChI=1S/C15H13F3N.Y/c1-4-19-10(3)9(2)5-6-14(19)15-12(17)7-11(16)8-13(15)18;/h5,7-8H,3-4H2,1-2H3;/q-1;. The molecule has 0 bridgehead atoms. The minimum atomic E-state index is -0.945. The van der Waals surface area contributed by atoms with Gasteiger partial charge in [-0.05, 0) is 30.3 Å². The van der Waals surface area contributed by atoms with E-state index in [-0.39, 0.29) is 44.0 Å². The first kappa shape index (κ1) is 17.2. The third-order valence-electron chi connectivity index (χ3n) is 3.04. The Balaban J connectivity index is 0.00000200. The first-order chi connectivity index (χ1) is 8.95. The second kappa shape index (κ2) is 6.73. The summed E-state index contributed by atoms with van der Waals surface area (Å²) >= 11 is 0. The van der Waals surface area contributed by atoms with Crippen LogP contribution in [-0.2, 0) is 32.7 Å². The van der Waals surface area contributed by atoms with Crippen LogP contribution in [-0.4, -0.2) is 11.4 Å². The maximum atomic E-state index is 13.8. The molecule has 1 radical (unpaired) electrons. The number of rotatable bonds is 2. The van der Waals surface area contributed by atoms with Gasteiger partial charge in [-0.15, -0.1) is 5.57 Å². The molecule has 0 fully saturated rings. The fraction of sp³-hybridized carbons (Fsp3) is 0.200. The maximum absolute atomic E-state index is 13.8. The molecule has 5 heteroatoms. The molecule has 0 spiro atoms. The number of allylic oxidation sites excluding steroid dienone is 3. The van der Waals surface area contributed by atoms with E-state index in [0.29, 0.717) is 24.4 Å². The Morgan fingerprint density at radius 3 is 2.25 bits per heavy atom. The van der Waals surface area contributed by atoms with Gasteiger partial charge in [-0.25, -0.2) is 13.2 Å². The normalized spacial score (nSPS) is 14.7. The Hall–Kier alpha value is -0.866. The molecule has 2 rings (SSSR count). The fourth-order valence-electron chi connectivity index (χ4n) is 2.01. The Bertz CT molecular complexity index is 582. The largest absolute Gasteiger partial charge is 0.375 e. The van der Waals surface area contributed by atoms with Crippen LogP contribution in [0.1, 0.15) is 19.4 Å². The van der Waals surface area contributed by atoms with E-state index in [2.05, 4.69) is 12.7 Å². The fourth-order valence-corrected chi connectivity index (χ4v) is 2.01. The minimum absolute atomic E-state index is 0. The molecule has 0 atom stereocenters. The van der Waals surface area contributed by atoms with E-state index in [1.807, 2.05) is 13.8 Å². The Kier molecular flexibility index (Phi) is 5.78. The summed E-state index contributed by atoms with van der Waals surface area (Å²) in [5.41, 5.74) is 1.47. The zero-order valence-corrected chi connectivity index (χ0v) is 14.1. The molecule has 0 aromatic heterocycles. The Morgan fingerprint density at radius 2 is 1.75 bits per heavy atom. The first-order valence-electron chi connectivity index (χ1n) is 5.87. The first-order valence-corrected chi connectivity index (χ1v) is 5.87. The van der Waals surface area contributed by atoms with Crippen LogP contribution in [0.15, 0.2) is 36.1 Å². The van der Waals surface area contributed by atoms with E-state index in [4.69, 9.17) is 0 Å². The molecule has 0 aliphatic carbocycles. The average molecular weight is 353 g/mol. The van der Waals surface area contributed by atoms with Gasteiger partial charge in [-0.3, -0.25) is 0 Å². The van der Waals surface area contributed by atoms with Crippen LogP contribution in [0.4, 0.5) is 13.2 Å². The van der Waals surface area contributed by atoms with Crippen LogP contribution in [0.2, 0.25) is 0 Å². The van der Waals surface area contributed by atoms with E-state index in [1.165, 1.54) is 0 Å². The van der Waals surface area contributed by atoms with Crippen molar-refractivity contribution in [3.63, 3.8) is 0 Å². The summed E-state index contributed by atoms with van der Waals surface area (Å²) in [7, 11) is 0. The summed E-state index contributed by atoms with van der Waals surface area (Å²) in [5, 5.41) is 0. The third kappa shape index (κ3) is 3.07. The third-order valence-corrected chi connectivity index (χ3v) is 3.04. The quantitative estimate of drug-likeness (QED) is 0.726. The summed E-state index contributed by atoms with van der Waals surface area (Å²) in [5.74, 6) is -2.83. The predicted molar refractivity (Wildman–Crippen MR) is 68.2 cm³/mol. The summed E-state index contributed by atoms with van der Waals surface area (Å²) < 4.78 is 40.6. The van der Waals surface area contributed by atoms with Gasteiger partial charge < -0.3 is 4.90 Å². The molecule has 1 aliphatic heterocycles. The van der Waals surface area contributed by atoms with Gasteiger partial charge in [0.15, 0.2) is 0 Å². The van der Waals surface area contributed by atoms with Crippen LogP contribution in [0.3, 0.4) is 0 Å². The molecule has 0 unspecified atom stereocenters. The van der Waals surface area contributed by atoms with Crippen molar-refractivity contribution in [1.82, 2.24) is 4.90 Å². The number of nitrogens with zero attached hydrogens (tertiary/aromatic N) is 1. The van der Waals surface area contributed by atoms with Gasteiger partial charge >= 0.3 is 0 Å². The molecule has 1 nitrogen and oxygen atoms in total. The molecule has 1 aliphatic rings. The van der Waals surface area contributed by atoms with E-state index < -0.39 is 17.5 Å². The van der Waals surface area contributed by atoms with Crippen LogP contribution in [0.25, 0.3) is 5.70 Å². The smallest absolute Gasteiger partial charge is 0.126 e. The van der Waals surface area contributed by atoms with Gasteiger partial charge in [0.2, 0.25) is 0 Å². The van der Waals surface area contributed by atoms with Gasteiger partial charge in [-0.2, -0.15) is 12.2 Å². The number of halogens is 3. The number of benzene rings is 1. The number of likely N-dealkylation sites (N-methyl/N-ethyl adjacent to an activating group) is 1. The Labute approximate surface area is 141 Å². The molecule has 1 aromatic carbocycles. The molecule has 1 aromatic rings. The monoisotopic (exact) mass is 353 g/mol. The molecule has 0 amide bonds. The maximum Gasteiger partial charge on any atom is 0.126 e. The molecule has 0 saturated heterocycles. The summed E-state index contributed by atoms with van der Waals surface area (Å²) in [6.07, 6.45) is 4.45. The van der Waals surface area contributed by atoms with Gasteiger partial charge in [0.25, 0.3) is 0 Å². The second-order valence-corrected chi connectivity index (χ2v) is 4.26. The molecule has 20 heavy (non-hydrogen) atoms. The molecular weight excluding hydrogens is 340 g/mol. The van der Waals surface area contributed by atoms with E-state index in [9.17, 15) is 13.2 Å². The molecule has 1 heterocycles. The van der Waals surface area contributed by atoms with E-state index >= 15 is 0 Å². The number of hydrogen-bond donors (Lipinski definition) is 0. The predicted octanol–water partition coefficient (Wildman–Crippen LogP) is 4.04. The molecule has 103 valence electrons. The van der Waals surface area contributed by atoms with Gasteiger partial charge in [0, 0.05) is 39.3 Å². The van der Waals surface area contributed by atoms with Crippen molar-refractivity contribution in [1.29, 1.82) is 0 Å². The van der Waals surface area contributed by atoms with Gasteiger partial charge in [0.1, 0.15) is 5.82 Å². The zero-order valence-electron chi connectivity index (χ0n) is 11.3. The van der Waals surface area contributed by atoms with Crippen molar-refractivity contribution in [3.8, 4) is 0 Å². The van der Waals surface area contributed by atoms with Crippen LogP contribution in [0, 0.1) is 23.5 Å². The minimum Gasteiger partial charge on any atom is -0.375 e.